The number of hydrogen-bond acceptors (Lipinski definition) is 5. The molecule has 6 heteroatoms. The SMILES string of the molecule is CC(=O)c1ccc(Sc2nnc3n2CCCCC3)nc1. The molecule has 5 nitrogen and oxygen atoms in total. The molecule has 0 bridgehead atoms. The average molecular weight is 288 g/mol. The molecule has 0 unspecified atom stereocenters. The first-order chi connectivity index (χ1) is 9.74. The Hall–Kier alpha value is -1.69. The highest BCUT2D eigenvalue weighted by atomic mass is 32.2. The normalized spacial score (nSPS) is 14.7. The van der Waals surface area contributed by atoms with Gasteiger partial charge in [0.25, 0.3) is 0 Å². The fraction of sp³-hybridized carbons (Fsp3) is 0.429. The van der Waals surface area contributed by atoms with Crippen molar-refractivity contribution in [1.82, 2.24) is 19.7 Å². The zero-order chi connectivity index (χ0) is 13.9. The van der Waals surface area contributed by atoms with Crippen molar-refractivity contribution in [1.29, 1.82) is 0 Å². The van der Waals surface area contributed by atoms with E-state index < -0.39 is 0 Å². The van der Waals surface area contributed by atoms with E-state index in [0.717, 1.165) is 29.0 Å². The van der Waals surface area contributed by atoms with Gasteiger partial charge in [-0.25, -0.2) is 4.98 Å². The first-order valence-corrected chi connectivity index (χ1v) is 7.62. The maximum absolute atomic E-state index is 11.2. The molecule has 0 saturated heterocycles. The molecule has 104 valence electrons. The summed E-state index contributed by atoms with van der Waals surface area (Å²) in [5, 5.41) is 10.3. The number of aryl methyl sites for hydroxylation is 1. The van der Waals surface area contributed by atoms with Crippen LogP contribution in [0.15, 0.2) is 28.5 Å². The van der Waals surface area contributed by atoms with Crippen molar-refractivity contribution in [2.24, 2.45) is 0 Å². The fourth-order valence-electron chi connectivity index (χ4n) is 2.28. The fourth-order valence-corrected chi connectivity index (χ4v) is 3.09. The molecule has 3 heterocycles. The zero-order valence-electron chi connectivity index (χ0n) is 11.4. The number of pyridine rings is 1. The molecule has 3 rings (SSSR count). The van der Waals surface area contributed by atoms with Crippen molar-refractivity contribution in [2.45, 2.75) is 49.3 Å². The molecule has 2 aromatic rings. The van der Waals surface area contributed by atoms with Gasteiger partial charge in [-0.2, -0.15) is 0 Å². The molecule has 0 atom stereocenters. The van der Waals surface area contributed by atoms with E-state index in [2.05, 4.69) is 19.7 Å². The summed E-state index contributed by atoms with van der Waals surface area (Å²) in [6.45, 7) is 2.53. The van der Waals surface area contributed by atoms with E-state index in [1.54, 1.807) is 19.2 Å². The van der Waals surface area contributed by atoms with Gasteiger partial charge in [0.05, 0.1) is 0 Å². The third-order valence-corrected chi connectivity index (χ3v) is 4.35. The van der Waals surface area contributed by atoms with Crippen LogP contribution in [-0.2, 0) is 13.0 Å². The predicted octanol–water partition coefficient (Wildman–Crippen LogP) is 2.75. The molecule has 0 N–H and O–H groups in total. The molecule has 0 amide bonds. The highest BCUT2D eigenvalue weighted by Crippen LogP contribution is 2.27. The van der Waals surface area contributed by atoms with Crippen molar-refractivity contribution in [3.63, 3.8) is 0 Å². The van der Waals surface area contributed by atoms with Gasteiger partial charge < -0.3 is 4.57 Å². The third-order valence-electron chi connectivity index (χ3n) is 3.41. The van der Waals surface area contributed by atoms with Crippen LogP contribution in [-0.4, -0.2) is 25.5 Å². The smallest absolute Gasteiger partial charge is 0.197 e. The quantitative estimate of drug-likeness (QED) is 0.813. The van der Waals surface area contributed by atoms with Crippen molar-refractivity contribution in [2.75, 3.05) is 0 Å². The molecule has 2 aromatic heterocycles. The first-order valence-electron chi connectivity index (χ1n) is 6.81. The lowest BCUT2D eigenvalue weighted by Gasteiger charge is -2.05. The zero-order valence-corrected chi connectivity index (χ0v) is 12.2. The molecule has 0 radical (unpaired) electrons. The van der Waals surface area contributed by atoms with Crippen LogP contribution in [0.4, 0.5) is 0 Å². The van der Waals surface area contributed by atoms with Gasteiger partial charge in [-0.15, -0.1) is 10.2 Å². The Bertz CT molecular complexity index is 621. The maximum Gasteiger partial charge on any atom is 0.197 e. The topological polar surface area (TPSA) is 60.7 Å². The predicted molar refractivity (Wildman–Crippen MR) is 75.9 cm³/mol. The van der Waals surface area contributed by atoms with Crippen LogP contribution in [0.3, 0.4) is 0 Å². The summed E-state index contributed by atoms with van der Waals surface area (Å²) in [6.07, 6.45) is 6.23. The molecule has 0 aliphatic carbocycles. The number of Topliss-reactive ketones (excluding diaryl/α,β-unsaturated/α-hetero) is 1. The summed E-state index contributed by atoms with van der Waals surface area (Å²) in [7, 11) is 0. The summed E-state index contributed by atoms with van der Waals surface area (Å²) in [4.78, 5) is 15.5. The summed E-state index contributed by atoms with van der Waals surface area (Å²) >= 11 is 1.51. The minimum atomic E-state index is 0.0328. The van der Waals surface area contributed by atoms with E-state index in [0.29, 0.717) is 5.56 Å². The van der Waals surface area contributed by atoms with E-state index >= 15 is 0 Å². The number of fused-ring (bicyclic) bond motifs is 1. The number of carbonyl (C=O) groups excluding carboxylic acids is 1. The largest absolute Gasteiger partial charge is 0.306 e. The molecule has 1 aliphatic rings. The van der Waals surface area contributed by atoms with E-state index in [-0.39, 0.29) is 5.78 Å². The lowest BCUT2D eigenvalue weighted by Crippen LogP contribution is -2.02. The van der Waals surface area contributed by atoms with E-state index in [4.69, 9.17) is 0 Å². The monoisotopic (exact) mass is 288 g/mol. The first kappa shape index (κ1) is 13.3. The Morgan fingerprint density at radius 1 is 1.25 bits per heavy atom. The highest BCUT2D eigenvalue weighted by Gasteiger charge is 2.16. The van der Waals surface area contributed by atoms with Crippen LogP contribution < -0.4 is 0 Å². The van der Waals surface area contributed by atoms with Gasteiger partial charge in [0.1, 0.15) is 10.9 Å². The third kappa shape index (κ3) is 2.75. The van der Waals surface area contributed by atoms with E-state index in [9.17, 15) is 4.79 Å². The van der Waals surface area contributed by atoms with Crippen LogP contribution in [0.5, 0.6) is 0 Å². The molecular formula is C14H16N4OS. The van der Waals surface area contributed by atoms with Gasteiger partial charge >= 0.3 is 0 Å². The van der Waals surface area contributed by atoms with Crippen LogP contribution in [0, 0.1) is 0 Å². The molecule has 20 heavy (non-hydrogen) atoms. The van der Waals surface area contributed by atoms with Gasteiger partial charge in [-0.1, -0.05) is 6.42 Å². The average Bonchev–Trinajstić information content (AvgIpc) is 2.69. The summed E-state index contributed by atoms with van der Waals surface area (Å²) in [6, 6.07) is 3.66. The molecular weight excluding hydrogens is 272 g/mol. The molecule has 0 fully saturated rings. The van der Waals surface area contributed by atoms with Crippen LogP contribution in [0.1, 0.15) is 42.4 Å². The molecule has 0 aromatic carbocycles. The maximum atomic E-state index is 11.2. The Kier molecular flexibility index (Phi) is 3.82. The van der Waals surface area contributed by atoms with Gasteiger partial charge in [-0.3, -0.25) is 4.79 Å². The van der Waals surface area contributed by atoms with Gasteiger partial charge in [0.2, 0.25) is 0 Å². The number of hydrogen-bond donors (Lipinski definition) is 0. The van der Waals surface area contributed by atoms with Gasteiger partial charge in [0.15, 0.2) is 10.9 Å². The standard InChI is InChI=1S/C14H16N4OS/c1-10(19)11-6-7-13(15-9-11)20-14-17-16-12-5-3-2-4-8-18(12)14/h6-7,9H,2-5,8H2,1H3. The van der Waals surface area contributed by atoms with Crippen LogP contribution >= 0.6 is 11.8 Å². The molecule has 0 spiro atoms. The summed E-state index contributed by atoms with van der Waals surface area (Å²) < 4.78 is 2.19. The van der Waals surface area contributed by atoms with Crippen molar-refractivity contribution < 1.29 is 4.79 Å². The second-order valence-electron chi connectivity index (χ2n) is 4.90. The van der Waals surface area contributed by atoms with Crippen molar-refractivity contribution in [3.05, 3.63) is 29.7 Å². The van der Waals surface area contributed by atoms with Gasteiger partial charge in [0, 0.05) is 24.7 Å². The van der Waals surface area contributed by atoms with Crippen molar-refractivity contribution >= 4 is 17.5 Å². The van der Waals surface area contributed by atoms with Crippen LogP contribution in [0.2, 0.25) is 0 Å². The summed E-state index contributed by atoms with van der Waals surface area (Å²) in [5.74, 6) is 1.11. The second-order valence-corrected chi connectivity index (χ2v) is 5.89. The van der Waals surface area contributed by atoms with Crippen molar-refractivity contribution in [3.8, 4) is 0 Å². The lowest BCUT2D eigenvalue weighted by molar-refractivity contribution is 0.101. The minimum Gasteiger partial charge on any atom is -0.306 e. The number of carbonyl (C=O) groups is 1. The van der Waals surface area contributed by atoms with E-state index in [1.165, 1.54) is 31.0 Å². The molecule has 1 aliphatic heterocycles. The van der Waals surface area contributed by atoms with Gasteiger partial charge in [-0.05, 0) is 43.7 Å². The lowest BCUT2D eigenvalue weighted by atomic mass is 10.2. The van der Waals surface area contributed by atoms with E-state index in [1.807, 2.05) is 6.07 Å². The molecule has 0 saturated carbocycles. The summed E-state index contributed by atoms with van der Waals surface area (Å²) in [5.41, 5.74) is 0.634. The Morgan fingerprint density at radius 3 is 2.90 bits per heavy atom. The highest BCUT2D eigenvalue weighted by molar-refractivity contribution is 7.99. The minimum absolute atomic E-state index is 0.0328. The Labute approximate surface area is 121 Å². The number of ketones is 1. The number of aromatic nitrogens is 4. The Balaban J connectivity index is 1.81. The van der Waals surface area contributed by atoms with Crippen LogP contribution in [0.25, 0.3) is 0 Å². The number of nitrogens with zero attached hydrogens (tertiary/aromatic N) is 4. The number of rotatable bonds is 3. The second kappa shape index (κ2) is 5.75. The Morgan fingerprint density at radius 2 is 2.15 bits per heavy atom.